The molecule has 1 atom stereocenters. The van der Waals surface area contributed by atoms with Crippen molar-refractivity contribution >= 4 is 23.3 Å². The first kappa shape index (κ1) is 13.1. The lowest BCUT2D eigenvalue weighted by Crippen LogP contribution is -2.33. The molecule has 1 aliphatic heterocycles. The molecule has 0 spiro atoms. The first-order valence-electron chi connectivity index (χ1n) is 5.94. The van der Waals surface area contributed by atoms with Gasteiger partial charge < -0.3 is 15.8 Å². The number of carbonyl (C=O) groups is 1. The molecule has 3 N–H and O–H groups in total. The molecule has 0 radical (unpaired) electrons. The van der Waals surface area contributed by atoms with Crippen LogP contribution >= 0.6 is 11.6 Å². The lowest BCUT2D eigenvalue weighted by Gasteiger charge is -2.22. The van der Waals surface area contributed by atoms with Crippen LogP contribution in [0.3, 0.4) is 0 Å². The number of nitrogens with two attached hydrogens (primary N) is 1. The van der Waals surface area contributed by atoms with Crippen LogP contribution in [0.15, 0.2) is 12.3 Å². The molecule has 6 heteroatoms. The smallest absolute Gasteiger partial charge is 0.252 e. The van der Waals surface area contributed by atoms with Crippen molar-refractivity contribution < 1.29 is 9.53 Å². The first-order valence-corrected chi connectivity index (χ1v) is 6.31. The fourth-order valence-corrected chi connectivity index (χ4v) is 2.05. The Morgan fingerprint density at radius 1 is 1.67 bits per heavy atom. The maximum atomic E-state index is 11.9. The molecule has 2 heterocycles. The quantitative estimate of drug-likeness (QED) is 0.871. The fraction of sp³-hybridized carbons (Fsp3) is 0.500. The highest BCUT2D eigenvalue weighted by molar-refractivity contribution is 6.33. The maximum Gasteiger partial charge on any atom is 0.252 e. The number of aromatic nitrogens is 1. The number of nitrogens with zero attached hydrogens (tertiary/aromatic N) is 1. The molecule has 1 fully saturated rings. The molecule has 0 saturated carbocycles. The summed E-state index contributed by atoms with van der Waals surface area (Å²) in [7, 11) is 0. The first-order chi connectivity index (χ1) is 8.66. The summed E-state index contributed by atoms with van der Waals surface area (Å²) in [6, 6.07) is 1.52. The third kappa shape index (κ3) is 3.34. The van der Waals surface area contributed by atoms with Crippen LogP contribution in [0, 0.1) is 5.92 Å². The topological polar surface area (TPSA) is 77.2 Å². The van der Waals surface area contributed by atoms with Gasteiger partial charge in [0.25, 0.3) is 5.91 Å². The summed E-state index contributed by atoms with van der Waals surface area (Å²) in [4.78, 5) is 15.7. The number of rotatable bonds is 3. The number of pyridine rings is 1. The highest BCUT2D eigenvalue weighted by Crippen LogP contribution is 2.17. The second-order valence-corrected chi connectivity index (χ2v) is 4.79. The van der Waals surface area contributed by atoms with E-state index in [1.54, 1.807) is 0 Å². The fourth-order valence-electron chi connectivity index (χ4n) is 1.88. The molecular formula is C12H16ClN3O2. The summed E-state index contributed by atoms with van der Waals surface area (Å²) >= 11 is 5.82. The van der Waals surface area contributed by atoms with E-state index in [0.717, 1.165) is 19.4 Å². The zero-order valence-corrected chi connectivity index (χ0v) is 10.7. The van der Waals surface area contributed by atoms with Gasteiger partial charge >= 0.3 is 0 Å². The van der Waals surface area contributed by atoms with Gasteiger partial charge in [-0.3, -0.25) is 4.79 Å². The second kappa shape index (κ2) is 6.02. The normalized spacial score (nSPS) is 19.5. The molecule has 1 aliphatic rings. The third-order valence-electron chi connectivity index (χ3n) is 2.94. The Bertz CT molecular complexity index is 433. The van der Waals surface area contributed by atoms with Gasteiger partial charge in [0, 0.05) is 19.3 Å². The standard InChI is InChI=1S/C12H16ClN3O2/c13-10-4-9(6-15-11(10)14)12(17)16-5-8-2-1-3-18-7-8/h4,6,8H,1-3,5,7H2,(H2,14,15)(H,16,17). The van der Waals surface area contributed by atoms with E-state index < -0.39 is 0 Å². The van der Waals surface area contributed by atoms with Crippen molar-refractivity contribution in [3.05, 3.63) is 22.8 Å². The van der Waals surface area contributed by atoms with E-state index in [9.17, 15) is 4.79 Å². The number of ether oxygens (including phenoxy) is 1. The largest absolute Gasteiger partial charge is 0.382 e. The van der Waals surface area contributed by atoms with Gasteiger partial charge in [-0.25, -0.2) is 4.98 Å². The van der Waals surface area contributed by atoms with E-state index in [2.05, 4.69) is 10.3 Å². The molecule has 1 amide bonds. The summed E-state index contributed by atoms with van der Waals surface area (Å²) in [6.07, 6.45) is 3.56. The summed E-state index contributed by atoms with van der Waals surface area (Å²) < 4.78 is 5.35. The van der Waals surface area contributed by atoms with Crippen molar-refractivity contribution in [1.82, 2.24) is 10.3 Å². The number of hydrogen-bond donors (Lipinski definition) is 2. The number of carbonyl (C=O) groups excluding carboxylic acids is 1. The Morgan fingerprint density at radius 3 is 3.17 bits per heavy atom. The van der Waals surface area contributed by atoms with Gasteiger partial charge in [0.2, 0.25) is 0 Å². The zero-order valence-electron chi connectivity index (χ0n) is 9.99. The average Bonchev–Trinajstić information content (AvgIpc) is 2.40. The number of halogens is 1. The number of amides is 1. The molecule has 1 aromatic rings. The Hall–Kier alpha value is -1.33. The minimum atomic E-state index is -0.185. The van der Waals surface area contributed by atoms with Gasteiger partial charge in [0.05, 0.1) is 17.2 Å². The van der Waals surface area contributed by atoms with Gasteiger partial charge in [-0.15, -0.1) is 0 Å². The van der Waals surface area contributed by atoms with E-state index in [1.807, 2.05) is 0 Å². The third-order valence-corrected chi connectivity index (χ3v) is 3.24. The molecular weight excluding hydrogens is 254 g/mol. The van der Waals surface area contributed by atoms with Gasteiger partial charge in [0.1, 0.15) is 5.82 Å². The molecule has 0 bridgehead atoms. The molecule has 98 valence electrons. The van der Waals surface area contributed by atoms with Crippen LogP contribution in [0.4, 0.5) is 5.82 Å². The van der Waals surface area contributed by atoms with Crippen molar-refractivity contribution in [1.29, 1.82) is 0 Å². The van der Waals surface area contributed by atoms with Crippen molar-refractivity contribution in [3.63, 3.8) is 0 Å². The van der Waals surface area contributed by atoms with E-state index in [1.165, 1.54) is 12.3 Å². The summed E-state index contributed by atoms with van der Waals surface area (Å²) in [5.41, 5.74) is 5.91. The van der Waals surface area contributed by atoms with Crippen LogP contribution in [0.2, 0.25) is 5.02 Å². The van der Waals surface area contributed by atoms with Crippen LogP contribution < -0.4 is 11.1 Å². The number of anilines is 1. The molecule has 1 saturated heterocycles. The van der Waals surface area contributed by atoms with E-state index in [-0.39, 0.29) is 11.7 Å². The molecule has 0 aromatic carbocycles. The van der Waals surface area contributed by atoms with Crippen molar-refractivity contribution in [2.75, 3.05) is 25.5 Å². The monoisotopic (exact) mass is 269 g/mol. The average molecular weight is 270 g/mol. The Kier molecular flexibility index (Phi) is 4.38. The predicted octanol–water partition coefficient (Wildman–Crippen LogP) is 1.47. The van der Waals surface area contributed by atoms with Crippen molar-refractivity contribution in [2.24, 2.45) is 5.92 Å². The summed E-state index contributed by atoms with van der Waals surface area (Å²) in [5.74, 6) is 0.434. The van der Waals surface area contributed by atoms with Crippen LogP contribution in [0.5, 0.6) is 0 Å². The van der Waals surface area contributed by atoms with E-state index in [4.69, 9.17) is 22.1 Å². The zero-order chi connectivity index (χ0) is 13.0. The molecule has 18 heavy (non-hydrogen) atoms. The second-order valence-electron chi connectivity index (χ2n) is 4.38. The van der Waals surface area contributed by atoms with Gasteiger partial charge in [-0.2, -0.15) is 0 Å². The maximum absolute atomic E-state index is 11.9. The summed E-state index contributed by atoms with van der Waals surface area (Å²) in [6.45, 7) is 2.14. The lowest BCUT2D eigenvalue weighted by molar-refractivity contribution is 0.0536. The summed E-state index contributed by atoms with van der Waals surface area (Å²) in [5, 5.41) is 3.15. The number of hydrogen-bond acceptors (Lipinski definition) is 4. The molecule has 0 aliphatic carbocycles. The van der Waals surface area contributed by atoms with Crippen LogP contribution in [-0.4, -0.2) is 30.6 Å². The Balaban J connectivity index is 1.88. The lowest BCUT2D eigenvalue weighted by atomic mass is 10.0. The van der Waals surface area contributed by atoms with E-state index >= 15 is 0 Å². The van der Waals surface area contributed by atoms with E-state index in [0.29, 0.717) is 29.7 Å². The van der Waals surface area contributed by atoms with Crippen LogP contribution in [0.1, 0.15) is 23.2 Å². The van der Waals surface area contributed by atoms with Crippen LogP contribution in [-0.2, 0) is 4.74 Å². The molecule has 5 nitrogen and oxygen atoms in total. The number of nitrogen functional groups attached to an aromatic ring is 1. The SMILES string of the molecule is Nc1ncc(C(=O)NCC2CCCOC2)cc1Cl. The predicted molar refractivity (Wildman–Crippen MR) is 69.5 cm³/mol. The minimum Gasteiger partial charge on any atom is -0.382 e. The Morgan fingerprint density at radius 2 is 2.50 bits per heavy atom. The molecule has 2 rings (SSSR count). The molecule has 1 unspecified atom stereocenters. The van der Waals surface area contributed by atoms with Crippen LogP contribution in [0.25, 0.3) is 0 Å². The number of nitrogens with one attached hydrogen (secondary N) is 1. The highest BCUT2D eigenvalue weighted by Gasteiger charge is 2.15. The van der Waals surface area contributed by atoms with Gasteiger partial charge in [0.15, 0.2) is 0 Å². The Labute approximate surface area is 111 Å². The van der Waals surface area contributed by atoms with Crippen molar-refractivity contribution in [2.45, 2.75) is 12.8 Å². The minimum absolute atomic E-state index is 0.185. The van der Waals surface area contributed by atoms with Crippen molar-refractivity contribution in [3.8, 4) is 0 Å². The molecule has 1 aromatic heterocycles. The van der Waals surface area contributed by atoms with Gasteiger partial charge in [-0.05, 0) is 24.8 Å². The highest BCUT2D eigenvalue weighted by atomic mass is 35.5. The van der Waals surface area contributed by atoms with Gasteiger partial charge in [-0.1, -0.05) is 11.6 Å².